The van der Waals surface area contributed by atoms with Crippen molar-refractivity contribution in [1.82, 2.24) is 0 Å². The van der Waals surface area contributed by atoms with Crippen LogP contribution < -0.4 is 4.72 Å². The molecule has 0 aliphatic heterocycles. The summed E-state index contributed by atoms with van der Waals surface area (Å²) in [4.78, 5) is 0.343. The molecule has 0 aromatic heterocycles. The van der Waals surface area contributed by atoms with Gasteiger partial charge in [0.2, 0.25) is 0 Å². The summed E-state index contributed by atoms with van der Waals surface area (Å²) in [6.45, 7) is 1.88. The number of anilines is 1. The second-order valence-electron chi connectivity index (χ2n) is 5.70. The Kier molecular flexibility index (Phi) is 4.28. The lowest BCUT2D eigenvalue weighted by molar-refractivity contribution is 0.600. The van der Waals surface area contributed by atoms with Gasteiger partial charge in [0.15, 0.2) is 0 Å². The molecule has 5 heteroatoms. The Bertz CT molecular complexity index is 815. The van der Waals surface area contributed by atoms with E-state index in [1.807, 2.05) is 31.2 Å². The van der Waals surface area contributed by atoms with E-state index in [9.17, 15) is 8.42 Å². The molecule has 0 spiro atoms. The van der Waals surface area contributed by atoms with Crippen LogP contribution in [0.3, 0.4) is 0 Å². The van der Waals surface area contributed by atoms with Gasteiger partial charge in [0.25, 0.3) is 10.0 Å². The molecule has 2 aromatic rings. The third-order valence-electron chi connectivity index (χ3n) is 4.06. The van der Waals surface area contributed by atoms with Gasteiger partial charge in [-0.05, 0) is 79.6 Å². The van der Waals surface area contributed by atoms with Gasteiger partial charge in [-0.3, -0.25) is 4.72 Å². The molecular formula is C17H18BrNO2S. The molecule has 0 saturated heterocycles. The molecule has 3 rings (SSSR count). The number of hydrogen-bond donors (Lipinski definition) is 1. The van der Waals surface area contributed by atoms with Crippen molar-refractivity contribution in [3.05, 3.63) is 57.6 Å². The van der Waals surface area contributed by atoms with Gasteiger partial charge in [-0.15, -0.1) is 0 Å². The van der Waals surface area contributed by atoms with E-state index in [0.29, 0.717) is 10.6 Å². The number of sulfonamides is 1. The SMILES string of the molecule is Cc1cc(Br)ccc1NS(=O)(=O)c1ccc2c(c1)CCCC2. The first-order valence-electron chi connectivity index (χ1n) is 7.36. The average molecular weight is 380 g/mol. The van der Waals surface area contributed by atoms with Crippen LogP contribution in [0.2, 0.25) is 0 Å². The van der Waals surface area contributed by atoms with E-state index in [-0.39, 0.29) is 0 Å². The van der Waals surface area contributed by atoms with Crippen molar-refractivity contribution in [1.29, 1.82) is 0 Å². The Balaban J connectivity index is 1.92. The van der Waals surface area contributed by atoms with Gasteiger partial charge in [-0.2, -0.15) is 0 Å². The third-order valence-corrected chi connectivity index (χ3v) is 5.92. The first-order chi connectivity index (χ1) is 10.5. The van der Waals surface area contributed by atoms with E-state index in [1.165, 1.54) is 17.5 Å². The molecule has 0 bridgehead atoms. The summed E-state index contributed by atoms with van der Waals surface area (Å²) in [6.07, 6.45) is 4.34. The molecule has 1 N–H and O–H groups in total. The van der Waals surface area contributed by atoms with E-state index in [1.54, 1.807) is 12.1 Å². The zero-order chi connectivity index (χ0) is 15.7. The second kappa shape index (κ2) is 6.05. The molecule has 1 aliphatic carbocycles. The minimum atomic E-state index is -3.55. The van der Waals surface area contributed by atoms with Gasteiger partial charge < -0.3 is 0 Å². The smallest absolute Gasteiger partial charge is 0.261 e. The van der Waals surface area contributed by atoms with Gasteiger partial charge >= 0.3 is 0 Å². The van der Waals surface area contributed by atoms with Gasteiger partial charge in [-0.25, -0.2) is 8.42 Å². The minimum Gasteiger partial charge on any atom is -0.279 e. The van der Waals surface area contributed by atoms with Gasteiger partial charge in [0, 0.05) is 4.47 Å². The summed E-state index contributed by atoms with van der Waals surface area (Å²) >= 11 is 3.38. The second-order valence-corrected chi connectivity index (χ2v) is 8.30. The van der Waals surface area contributed by atoms with Crippen molar-refractivity contribution in [2.75, 3.05) is 4.72 Å². The van der Waals surface area contributed by atoms with E-state index >= 15 is 0 Å². The predicted molar refractivity (Wildman–Crippen MR) is 92.8 cm³/mol. The van der Waals surface area contributed by atoms with Crippen LogP contribution in [0.15, 0.2) is 45.8 Å². The monoisotopic (exact) mass is 379 g/mol. The van der Waals surface area contributed by atoms with Crippen molar-refractivity contribution >= 4 is 31.6 Å². The molecule has 0 radical (unpaired) electrons. The summed E-state index contributed by atoms with van der Waals surface area (Å²) < 4.78 is 28.8. The first-order valence-corrected chi connectivity index (χ1v) is 9.64. The molecule has 0 unspecified atom stereocenters. The van der Waals surface area contributed by atoms with Crippen LogP contribution in [-0.4, -0.2) is 8.42 Å². The van der Waals surface area contributed by atoms with Gasteiger partial charge in [0.05, 0.1) is 10.6 Å². The van der Waals surface area contributed by atoms with E-state index < -0.39 is 10.0 Å². The Morgan fingerprint density at radius 3 is 2.45 bits per heavy atom. The molecule has 0 amide bonds. The highest BCUT2D eigenvalue weighted by atomic mass is 79.9. The molecule has 1 aliphatic rings. The maximum absolute atomic E-state index is 12.6. The number of rotatable bonds is 3. The van der Waals surface area contributed by atoms with Crippen LogP contribution in [0.5, 0.6) is 0 Å². The van der Waals surface area contributed by atoms with Crippen molar-refractivity contribution in [3.8, 4) is 0 Å². The maximum Gasteiger partial charge on any atom is 0.261 e. The standard InChI is InChI=1S/C17H18BrNO2S/c1-12-10-15(18)7-9-17(12)19-22(20,21)16-8-6-13-4-2-3-5-14(13)11-16/h6-11,19H,2-5H2,1H3. The summed E-state index contributed by atoms with van der Waals surface area (Å²) in [7, 11) is -3.55. The molecule has 0 atom stereocenters. The minimum absolute atomic E-state index is 0.343. The summed E-state index contributed by atoms with van der Waals surface area (Å²) in [5.41, 5.74) is 3.95. The fourth-order valence-electron chi connectivity index (χ4n) is 2.82. The highest BCUT2D eigenvalue weighted by molar-refractivity contribution is 9.10. The Labute approximate surface area is 139 Å². The van der Waals surface area contributed by atoms with Crippen LogP contribution in [0.1, 0.15) is 29.5 Å². The predicted octanol–water partition coefficient (Wildman–Crippen LogP) is 4.44. The fourth-order valence-corrected chi connectivity index (χ4v) is 4.48. The molecular weight excluding hydrogens is 362 g/mol. The van der Waals surface area contributed by atoms with Crippen LogP contribution >= 0.6 is 15.9 Å². The number of aryl methyl sites for hydroxylation is 3. The fraction of sp³-hybridized carbons (Fsp3) is 0.294. The molecule has 3 nitrogen and oxygen atoms in total. The molecule has 0 heterocycles. The Morgan fingerprint density at radius 2 is 1.73 bits per heavy atom. The highest BCUT2D eigenvalue weighted by Crippen LogP contribution is 2.27. The molecule has 0 fully saturated rings. The first kappa shape index (κ1) is 15.6. The van der Waals surface area contributed by atoms with Crippen LogP contribution in [-0.2, 0) is 22.9 Å². The quantitative estimate of drug-likeness (QED) is 0.856. The largest absolute Gasteiger partial charge is 0.279 e. The zero-order valence-corrected chi connectivity index (χ0v) is 14.8. The summed E-state index contributed by atoms with van der Waals surface area (Å²) in [5.74, 6) is 0. The third kappa shape index (κ3) is 3.20. The van der Waals surface area contributed by atoms with Crippen molar-refractivity contribution < 1.29 is 8.42 Å². The molecule has 22 heavy (non-hydrogen) atoms. The normalized spacial score (nSPS) is 14.5. The molecule has 116 valence electrons. The van der Waals surface area contributed by atoms with Crippen LogP contribution in [0.25, 0.3) is 0 Å². The zero-order valence-electron chi connectivity index (χ0n) is 12.4. The Hall–Kier alpha value is -1.33. The topological polar surface area (TPSA) is 46.2 Å². The average Bonchev–Trinajstić information content (AvgIpc) is 2.49. The van der Waals surface area contributed by atoms with Crippen molar-refractivity contribution in [2.24, 2.45) is 0 Å². The lowest BCUT2D eigenvalue weighted by Gasteiger charge is -2.17. The summed E-state index contributed by atoms with van der Waals surface area (Å²) in [6, 6.07) is 11.0. The lowest BCUT2D eigenvalue weighted by Crippen LogP contribution is -2.15. The van der Waals surface area contributed by atoms with Gasteiger partial charge in [0.1, 0.15) is 0 Å². The van der Waals surface area contributed by atoms with E-state index in [2.05, 4.69) is 20.7 Å². The summed E-state index contributed by atoms with van der Waals surface area (Å²) in [5, 5.41) is 0. The Morgan fingerprint density at radius 1 is 1.00 bits per heavy atom. The van der Waals surface area contributed by atoms with E-state index in [0.717, 1.165) is 29.3 Å². The number of benzene rings is 2. The molecule has 2 aromatic carbocycles. The van der Waals surface area contributed by atoms with Gasteiger partial charge in [-0.1, -0.05) is 22.0 Å². The maximum atomic E-state index is 12.6. The van der Waals surface area contributed by atoms with Crippen molar-refractivity contribution in [3.63, 3.8) is 0 Å². The van der Waals surface area contributed by atoms with Crippen LogP contribution in [0.4, 0.5) is 5.69 Å². The molecule has 0 saturated carbocycles. The number of fused-ring (bicyclic) bond motifs is 1. The van der Waals surface area contributed by atoms with E-state index in [4.69, 9.17) is 0 Å². The van der Waals surface area contributed by atoms with Crippen LogP contribution in [0, 0.1) is 6.92 Å². The number of hydrogen-bond acceptors (Lipinski definition) is 2. The lowest BCUT2D eigenvalue weighted by atomic mass is 9.92. The van der Waals surface area contributed by atoms with Crippen molar-refractivity contribution in [2.45, 2.75) is 37.5 Å². The number of halogens is 1. The number of nitrogens with one attached hydrogen (secondary N) is 1. The highest BCUT2D eigenvalue weighted by Gasteiger charge is 2.18.